The second-order valence-electron chi connectivity index (χ2n) is 4.62. The minimum Gasteiger partial charge on any atom is -0.462 e. The van der Waals surface area contributed by atoms with E-state index in [0.29, 0.717) is 0 Å². The fourth-order valence-electron chi connectivity index (χ4n) is 1.77. The minimum absolute atomic E-state index is 0.0442. The summed E-state index contributed by atoms with van der Waals surface area (Å²) in [4.78, 5) is 35.6. The smallest absolute Gasteiger partial charge is 0.405 e. The van der Waals surface area contributed by atoms with Crippen LogP contribution in [-0.4, -0.2) is 43.9 Å². The lowest BCUT2D eigenvalue weighted by molar-refractivity contribution is -0.122. The van der Waals surface area contributed by atoms with Crippen LogP contribution in [0.1, 0.15) is 39.4 Å². The molecule has 7 nitrogen and oxygen atoms in total. The third kappa shape index (κ3) is 5.93. The summed E-state index contributed by atoms with van der Waals surface area (Å²) in [6, 6.07) is -1.17. The summed E-state index contributed by atoms with van der Waals surface area (Å²) >= 11 is 0.721. The maximum atomic E-state index is 12.1. The van der Waals surface area contributed by atoms with Gasteiger partial charge in [-0.3, -0.25) is 5.32 Å². The molecule has 25 heavy (non-hydrogen) atoms. The first-order valence-corrected chi connectivity index (χ1v) is 8.01. The molecule has 0 fully saturated rings. The molecule has 11 heteroatoms. The number of hydrogen-bond acceptors (Lipinski definition) is 6. The molecule has 0 aliphatic heterocycles. The topological polar surface area (TPSA) is 93.7 Å². The van der Waals surface area contributed by atoms with Crippen LogP contribution in [0.4, 0.5) is 23.0 Å². The van der Waals surface area contributed by atoms with E-state index in [1.165, 1.54) is 6.92 Å². The number of carbonyl (C=O) groups excluding carboxylic acids is 3. The van der Waals surface area contributed by atoms with Crippen LogP contribution in [0, 0.1) is 6.92 Å². The van der Waals surface area contributed by atoms with E-state index in [1.807, 2.05) is 0 Å². The molecule has 1 rings (SSSR count). The van der Waals surface area contributed by atoms with Crippen molar-refractivity contribution < 1.29 is 37.0 Å². The Morgan fingerprint density at radius 3 is 2.16 bits per heavy atom. The van der Waals surface area contributed by atoms with Crippen LogP contribution in [0.25, 0.3) is 0 Å². The average molecular weight is 382 g/mol. The molecule has 0 radical (unpaired) electrons. The van der Waals surface area contributed by atoms with E-state index in [0.717, 1.165) is 11.3 Å². The van der Waals surface area contributed by atoms with Gasteiger partial charge in [0, 0.05) is 0 Å². The van der Waals surface area contributed by atoms with Gasteiger partial charge in [0.1, 0.15) is 16.4 Å². The van der Waals surface area contributed by atoms with Crippen molar-refractivity contribution in [3.63, 3.8) is 0 Å². The van der Waals surface area contributed by atoms with Gasteiger partial charge in [-0.25, -0.2) is 14.4 Å². The van der Waals surface area contributed by atoms with E-state index >= 15 is 0 Å². The number of amides is 2. The van der Waals surface area contributed by atoms with Crippen LogP contribution in [0.5, 0.6) is 0 Å². The van der Waals surface area contributed by atoms with E-state index in [1.54, 1.807) is 19.2 Å². The van der Waals surface area contributed by atoms with Gasteiger partial charge in [-0.15, -0.1) is 11.3 Å². The van der Waals surface area contributed by atoms with Crippen molar-refractivity contribution in [2.45, 2.75) is 26.9 Å². The second kappa shape index (κ2) is 8.70. The quantitative estimate of drug-likeness (QED) is 0.738. The number of alkyl halides is 3. The summed E-state index contributed by atoms with van der Waals surface area (Å²) in [5.74, 6) is -1.52. The highest BCUT2D eigenvalue weighted by molar-refractivity contribution is 7.18. The van der Waals surface area contributed by atoms with Gasteiger partial charge in [-0.05, 0) is 26.3 Å². The summed E-state index contributed by atoms with van der Waals surface area (Å²) in [5.41, 5.74) is 0.116. The number of nitrogens with one attached hydrogen (secondary N) is 2. The van der Waals surface area contributed by atoms with Crippen LogP contribution in [-0.2, 0) is 9.47 Å². The molecule has 0 bridgehead atoms. The fraction of sp³-hybridized carbons (Fsp3) is 0.500. The molecule has 0 aromatic carbocycles. The van der Waals surface area contributed by atoms with Gasteiger partial charge in [0.25, 0.3) is 0 Å². The summed E-state index contributed by atoms with van der Waals surface area (Å²) in [7, 11) is 0. The normalized spacial score (nSPS) is 11.0. The molecule has 2 amide bonds. The second-order valence-corrected chi connectivity index (χ2v) is 5.64. The zero-order chi connectivity index (χ0) is 19.2. The number of thiophene rings is 1. The van der Waals surface area contributed by atoms with Crippen molar-refractivity contribution in [2.24, 2.45) is 0 Å². The monoisotopic (exact) mass is 382 g/mol. The molecule has 0 saturated carbocycles. The summed E-state index contributed by atoms with van der Waals surface area (Å²) in [6.07, 6.45) is -4.58. The molecule has 0 saturated heterocycles. The van der Waals surface area contributed by atoms with Crippen LogP contribution >= 0.6 is 11.3 Å². The SMILES string of the molecule is CCOC(=O)c1sc(NC(=O)NCC(F)(F)F)c(C(=O)OCC)c1C. The fourth-order valence-corrected chi connectivity index (χ4v) is 2.85. The van der Waals surface area contributed by atoms with E-state index < -0.39 is 30.7 Å². The largest absolute Gasteiger partial charge is 0.462 e. The first kappa shape index (κ1) is 20.7. The number of urea groups is 1. The van der Waals surface area contributed by atoms with E-state index in [2.05, 4.69) is 5.32 Å². The summed E-state index contributed by atoms with van der Waals surface area (Å²) < 4.78 is 46.2. The van der Waals surface area contributed by atoms with E-state index in [-0.39, 0.29) is 34.2 Å². The molecular weight excluding hydrogens is 365 g/mol. The molecule has 0 aliphatic rings. The Balaban J connectivity index is 3.10. The van der Waals surface area contributed by atoms with Crippen molar-refractivity contribution in [2.75, 3.05) is 25.1 Å². The number of hydrogen-bond donors (Lipinski definition) is 2. The predicted molar refractivity (Wildman–Crippen MR) is 84.0 cm³/mol. The van der Waals surface area contributed by atoms with Gasteiger partial charge in [0.15, 0.2) is 0 Å². The highest BCUT2D eigenvalue weighted by atomic mass is 32.1. The summed E-state index contributed by atoms with van der Waals surface area (Å²) in [6.45, 7) is 3.21. The molecule has 1 heterocycles. The third-order valence-corrected chi connectivity index (χ3v) is 3.95. The van der Waals surface area contributed by atoms with Crippen LogP contribution in [0.3, 0.4) is 0 Å². The molecular formula is C14H17F3N2O5S. The van der Waals surface area contributed by atoms with Crippen molar-refractivity contribution >= 4 is 34.3 Å². The Morgan fingerprint density at radius 1 is 1.08 bits per heavy atom. The number of rotatable bonds is 6. The Bertz CT molecular complexity index is 658. The van der Waals surface area contributed by atoms with E-state index in [9.17, 15) is 27.6 Å². The average Bonchev–Trinajstić information content (AvgIpc) is 2.81. The maximum Gasteiger partial charge on any atom is 0.405 e. The molecule has 0 unspecified atom stereocenters. The molecule has 2 N–H and O–H groups in total. The number of halogens is 3. The molecule has 0 aliphatic carbocycles. The van der Waals surface area contributed by atoms with Crippen molar-refractivity contribution in [3.8, 4) is 0 Å². The molecule has 1 aromatic rings. The first-order chi connectivity index (χ1) is 11.6. The van der Waals surface area contributed by atoms with Crippen molar-refractivity contribution in [1.29, 1.82) is 0 Å². The van der Waals surface area contributed by atoms with Gasteiger partial charge >= 0.3 is 24.1 Å². The molecule has 1 aromatic heterocycles. The lowest BCUT2D eigenvalue weighted by atomic mass is 10.1. The standard InChI is InChI=1S/C14H17F3N2O5S/c1-4-23-11(20)8-7(3)9(12(21)24-5-2)25-10(8)19-13(22)18-6-14(15,16)17/h4-6H2,1-3H3,(H2,18,19,22). The molecule has 140 valence electrons. The lowest BCUT2D eigenvalue weighted by Gasteiger charge is -2.10. The van der Waals surface area contributed by atoms with Crippen molar-refractivity contribution in [3.05, 3.63) is 16.0 Å². The molecule has 0 atom stereocenters. The zero-order valence-electron chi connectivity index (χ0n) is 13.7. The number of anilines is 1. The van der Waals surface area contributed by atoms with Crippen molar-refractivity contribution in [1.82, 2.24) is 5.32 Å². The van der Waals surface area contributed by atoms with Gasteiger partial charge < -0.3 is 14.8 Å². The molecule has 0 spiro atoms. The Kier molecular flexibility index (Phi) is 7.22. The Labute approximate surface area is 145 Å². The highest BCUT2D eigenvalue weighted by Crippen LogP contribution is 2.34. The third-order valence-electron chi connectivity index (χ3n) is 2.76. The maximum absolute atomic E-state index is 12.1. The number of carbonyl (C=O) groups is 3. The number of ether oxygens (including phenoxy) is 2. The number of esters is 2. The van der Waals surface area contributed by atoms with E-state index in [4.69, 9.17) is 9.47 Å². The van der Waals surface area contributed by atoms with Crippen LogP contribution in [0.2, 0.25) is 0 Å². The van der Waals surface area contributed by atoms with Gasteiger partial charge in [0.2, 0.25) is 0 Å². The minimum atomic E-state index is -4.58. The summed E-state index contributed by atoms with van der Waals surface area (Å²) in [5, 5.41) is 3.66. The Morgan fingerprint density at radius 2 is 1.64 bits per heavy atom. The Hall–Kier alpha value is -2.30. The van der Waals surface area contributed by atoms with Gasteiger partial charge in [-0.2, -0.15) is 13.2 Å². The first-order valence-electron chi connectivity index (χ1n) is 7.19. The lowest BCUT2D eigenvalue weighted by Crippen LogP contribution is -2.36. The highest BCUT2D eigenvalue weighted by Gasteiger charge is 2.30. The van der Waals surface area contributed by atoms with Gasteiger partial charge in [-0.1, -0.05) is 0 Å². The van der Waals surface area contributed by atoms with Gasteiger partial charge in [0.05, 0.1) is 18.8 Å². The zero-order valence-corrected chi connectivity index (χ0v) is 14.5. The van der Waals surface area contributed by atoms with Crippen LogP contribution in [0.15, 0.2) is 0 Å². The predicted octanol–water partition coefficient (Wildman–Crippen LogP) is 3.09. The van der Waals surface area contributed by atoms with Crippen LogP contribution < -0.4 is 10.6 Å².